The first-order valence-corrected chi connectivity index (χ1v) is 4.72. The minimum Gasteiger partial charge on any atom is -0.244 e. The molecule has 2 nitrogen and oxygen atoms in total. The number of aryl methyl sites for hydroxylation is 1. The molecule has 0 atom stereocenters. The molecule has 0 saturated heterocycles. The second-order valence-corrected chi connectivity index (χ2v) is 3.85. The number of rotatable bonds is 0. The van der Waals surface area contributed by atoms with Crippen LogP contribution in [0, 0.1) is 6.92 Å². The van der Waals surface area contributed by atoms with Crippen LogP contribution in [-0.4, -0.2) is 9.36 Å². The molecule has 0 radical (unpaired) electrons. The quantitative estimate of drug-likeness (QED) is 0.694. The zero-order valence-electron chi connectivity index (χ0n) is 5.84. The summed E-state index contributed by atoms with van der Waals surface area (Å²) < 4.78 is 5.28. The number of hydrogen-bond acceptors (Lipinski definition) is 3. The third-order valence-electron chi connectivity index (χ3n) is 1.50. The van der Waals surface area contributed by atoms with Gasteiger partial charge in [0.2, 0.25) is 0 Å². The summed E-state index contributed by atoms with van der Waals surface area (Å²) in [5, 5.41) is 1.14. The molecule has 56 valence electrons. The first kappa shape index (κ1) is 7.18. The van der Waals surface area contributed by atoms with Gasteiger partial charge in [-0.15, -0.1) is 0 Å². The topological polar surface area (TPSA) is 25.8 Å². The zero-order valence-corrected chi connectivity index (χ0v) is 8.24. The van der Waals surface area contributed by atoms with Gasteiger partial charge in [0.15, 0.2) is 0 Å². The van der Waals surface area contributed by atoms with Crippen LogP contribution in [0.2, 0.25) is 0 Å². The van der Waals surface area contributed by atoms with Gasteiger partial charge in [0.25, 0.3) is 0 Å². The van der Waals surface area contributed by atoms with Gasteiger partial charge in [0, 0.05) is 16.1 Å². The lowest BCUT2D eigenvalue weighted by Crippen LogP contribution is -1.74. The molecule has 0 unspecified atom stereocenters. The van der Waals surface area contributed by atoms with Crippen LogP contribution in [0.25, 0.3) is 10.2 Å². The summed E-state index contributed by atoms with van der Waals surface area (Å²) in [5.74, 6) is 0. The molecular weight excluding hydrogens is 224 g/mol. The Hall–Kier alpha value is -0.480. The smallest absolute Gasteiger partial charge is 0.144 e. The van der Waals surface area contributed by atoms with E-state index in [1.54, 1.807) is 6.20 Å². The Balaban J connectivity index is 2.96. The van der Waals surface area contributed by atoms with Gasteiger partial charge in [-0.25, -0.2) is 4.98 Å². The Morgan fingerprint density at radius 2 is 2.36 bits per heavy atom. The van der Waals surface area contributed by atoms with Gasteiger partial charge in [-0.05, 0) is 40.5 Å². The summed E-state index contributed by atoms with van der Waals surface area (Å²) in [6.45, 7) is 1.99. The molecule has 0 aliphatic rings. The van der Waals surface area contributed by atoms with Crippen molar-refractivity contribution in [3.05, 3.63) is 22.4 Å². The van der Waals surface area contributed by atoms with Crippen LogP contribution in [0.3, 0.4) is 0 Å². The lowest BCUT2D eigenvalue weighted by atomic mass is 10.3. The molecule has 0 aliphatic carbocycles. The molecule has 0 amide bonds. The van der Waals surface area contributed by atoms with Crippen molar-refractivity contribution >= 4 is 37.7 Å². The predicted octanol–water partition coefficient (Wildman–Crippen LogP) is 2.76. The molecule has 0 aromatic carbocycles. The lowest BCUT2D eigenvalue weighted by molar-refractivity contribution is 1.36. The predicted molar refractivity (Wildman–Crippen MR) is 49.9 cm³/mol. The van der Waals surface area contributed by atoms with Gasteiger partial charge < -0.3 is 0 Å². The fourth-order valence-electron chi connectivity index (χ4n) is 0.975. The van der Waals surface area contributed by atoms with Crippen molar-refractivity contribution < 1.29 is 0 Å². The molecule has 0 aliphatic heterocycles. The second kappa shape index (κ2) is 2.53. The third kappa shape index (κ3) is 1.06. The van der Waals surface area contributed by atoms with Crippen LogP contribution < -0.4 is 0 Å². The number of nitrogens with zero attached hydrogens (tertiary/aromatic N) is 2. The molecule has 0 bridgehead atoms. The van der Waals surface area contributed by atoms with Crippen LogP contribution in [-0.2, 0) is 0 Å². The highest BCUT2D eigenvalue weighted by atomic mass is 79.9. The lowest BCUT2D eigenvalue weighted by Gasteiger charge is -1.91. The minimum absolute atomic E-state index is 0.997. The van der Waals surface area contributed by atoms with Crippen LogP contribution in [0.4, 0.5) is 0 Å². The Labute approximate surface area is 76.6 Å². The average Bonchev–Trinajstić information content (AvgIpc) is 2.34. The van der Waals surface area contributed by atoms with Crippen molar-refractivity contribution in [2.75, 3.05) is 0 Å². The molecule has 2 aromatic heterocycles. The Morgan fingerprint density at radius 1 is 1.55 bits per heavy atom. The molecule has 0 fully saturated rings. The maximum Gasteiger partial charge on any atom is 0.144 e. The molecule has 11 heavy (non-hydrogen) atoms. The summed E-state index contributed by atoms with van der Waals surface area (Å²) in [5.41, 5.74) is 1.05. The van der Waals surface area contributed by atoms with Crippen molar-refractivity contribution in [3.8, 4) is 0 Å². The minimum atomic E-state index is 0.997. The van der Waals surface area contributed by atoms with E-state index in [0.29, 0.717) is 0 Å². The Morgan fingerprint density at radius 3 is 3.09 bits per heavy atom. The van der Waals surface area contributed by atoms with Crippen LogP contribution >= 0.6 is 27.5 Å². The monoisotopic (exact) mass is 228 g/mol. The zero-order chi connectivity index (χ0) is 7.84. The van der Waals surface area contributed by atoms with E-state index in [0.717, 1.165) is 20.4 Å². The Kier molecular flexibility index (Phi) is 1.65. The summed E-state index contributed by atoms with van der Waals surface area (Å²) in [7, 11) is 0. The molecule has 0 saturated carbocycles. The van der Waals surface area contributed by atoms with E-state index in [4.69, 9.17) is 0 Å². The first-order valence-electron chi connectivity index (χ1n) is 3.15. The van der Waals surface area contributed by atoms with E-state index < -0.39 is 0 Å². The van der Waals surface area contributed by atoms with Gasteiger partial charge in [-0.3, -0.25) is 0 Å². The van der Waals surface area contributed by atoms with E-state index >= 15 is 0 Å². The van der Waals surface area contributed by atoms with E-state index in [9.17, 15) is 0 Å². The number of fused-ring (bicyclic) bond motifs is 1. The molecule has 0 N–H and O–H groups in total. The summed E-state index contributed by atoms with van der Waals surface area (Å²) >= 11 is 4.89. The molecule has 4 heteroatoms. The largest absolute Gasteiger partial charge is 0.244 e. The highest BCUT2D eigenvalue weighted by molar-refractivity contribution is 9.10. The fraction of sp³-hybridized carbons (Fsp3) is 0.143. The van der Waals surface area contributed by atoms with Gasteiger partial charge in [0.1, 0.15) is 4.83 Å². The van der Waals surface area contributed by atoms with Crippen molar-refractivity contribution in [1.29, 1.82) is 0 Å². The van der Waals surface area contributed by atoms with Crippen LogP contribution in [0.1, 0.15) is 5.69 Å². The SMILES string of the molecule is Cc1nsc2nccc(Br)c12. The van der Waals surface area contributed by atoms with Gasteiger partial charge in [0.05, 0.1) is 5.69 Å². The van der Waals surface area contributed by atoms with Crippen molar-refractivity contribution in [3.63, 3.8) is 0 Å². The van der Waals surface area contributed by atoms with E-state index in [-0.39, 0.29) is 0 Å². The second-order valence-electron chi connectivity index (χ2n) is 2.24. The van der Waals surface area contributed by atoms with Gasteiger partial charge >= 0.3 is 0 Å². The normalized spacial score (nSPS) is 10.7. The van der Waals surface area contributed by atoms with Crippen LogP contribution in [0.5, 0.6) is 0 Å². The van der Waals surface area contributed by atoms with Crippen molar-refractivity contribution in [2.45, 2.75) is 6.92 Å². The van der Waals surface area contributed by atoms with Gasteiger partial charge in [-0.2, -0.15) is 4.37 Å². The van der Waals surface area contributed by atoms with E-state index in [2.05, 4.69) is 25.3 Å². The molecule has 2 rings (SSSR count). The van der Waals surface area contributed by atoms with Gasteiger partial charge in [-0.1, -0.05) is 0 Å². The standard InChI is InChI=1S/C7H5BrN2S/c1-4-6-5(8)2-3-9-7(6)11-10-4/h2-3H,1H3. The van der Waals surface area contributed by atoms with E-state index in [1.807, 2.05) is 13.0 Å². The maximum absolute atomic E-state index is 4.21. The average molecular weight is 229 g/mol. The molecular formula is C7H5BrN2S. The molecule has 2 heterocycles. The number of aromatic nitrogens is 2. The van der Waals surface area contributed by atoms with E-state index in [1.165, 1.54) is 11.5 Å². The first-order chi connectivity index (χ1) is 5.29. The highest BCUT2D eigenvalue weighted by Gasteiger charge is 2.04. The van der Waals surface area contributed by atoms with Crippen molar-refractivity contribution in [2.24, 2.45) is 0 Å². The maximum atomic E-state index is 4.21. The number of halogens is 1. The summed E-state index contributed by atoms with van der Waals surface area (Å²) in [4.78, 5) is 5.19. The fourth-order valence-corrected chi connectivity index (χ4v) is 2.47. The number of pyridine rings is 1. The highest BCUT2D eigenvalue weighted by Crippen LogP contribution is 2.27. The summed E-state index contributed by atoms with van der Waals surface area (Å²) in [6.07, 6.45) is 1.78. The number of hydrogen-bond donors (Lipinski definition) is 0. The third-order valence-corrected chi connectivity index (χ3v) is 3.00. The summed E-state index contributed by atoms with van der Waals surface area (Å²) in [6, 6.07) is 1.93. The molecule has 2 aromatic rings. The Bertz CT molecular complexity index is 396. The van der Waals surface area contributed by atoms with Crippen LogP contribution in [0.15, 0.2) is 16.7 Å². The van der Waals surface area contributed by atoms with Crippen molar-refractivity contribution in [1.82, 2.24) is 9.36 Å². The molecule has 0 spiro atoms.